The van der Waals surface area contributed by atoms with Gasteiger partial charge in [0.2, 0.25) is 0 Å². The van der Waals surface area contributed by atoms with Gasteiger partial charge in [0.1, 0.15) is 5.03 Å². The highest BCUT2D eigenvalue weighted by molar-refractivity contribution is 6.43. The minimum absolute atomic E-state index is 0.176. The number of aliphatic imine (C=N–C) groups is 2. The highest BCUT2D eigenvalue weighted by Gasteiger charge is 2.27. The van der Waals surface area contributed by atoms with E-state index in [9.17, 15) is 0 Å². The molecule has 1 heterocycles. The molecule has 16 heavy (non-hydrogen) atoms. The van der Waals surface area contributed by atoms with Crippen LogP contribution in [0.3, 0.4) is 0 Å². The molecule has 1 aliphatic heterocycles. The van der Waals surface area contributed by atoms with Crippen LogP contribution >= 0.6 is 11.6 Å². The zero-order valence-corrected chi connectivity index (χ0v) is 10.5. The topological polar surface area (TPSA) is 60.0 Å². The molecule has 1 aliphatic rings. The summed E-state index contributed by atoms with van der Waals surface area (Å²) >= 11 is 6.02. The summed E-state index contributed by atoms with van der Waals surface area (Å²) in [4.78, 5) is 8.38. The van der Waals surface area contributed by atoms with Crippen molar-refractivity contribution >= 4 is 24.2 Å². The van der Waals surface area contributed by atoms with E-state index in [4.69, 9.17) is 22.1 Å². The first-order valence-corrected chi connectivity index (χ1v) is 5.63. The Hall–Kier alpha value is -0.870. The average Bonchev–Trinajstić information content (AvgIpc) is 2.26. The maximum Gasteiger partial charge on any atom is 0.167 e. The smallest absolute Gasteiger partial charge is 0.167 e. The summed E-state index contributed by atoms with van der Waals surface area (Å²) in [6, 6.07) is 0. The predicted octanol–water partition coefficient (Wildman–Crippen LogP) is 2.08. The molecule has 4 nitrogen and oxygen atoms in total. The van der Waals surface area contributed by atoms with Crippen molar-refractivity contribution in [3.05, 3.63) is 10.7 Å². The Balaban J connectivity index is 2.95. The monoisotopic (exact) mass is 243 g/mol. The maximum absolute atomic E-state index is 6.02. The van der Waals surface area contributed by atoms with Gasteiger partial charge in [-0.05, 0) is 33.4 Å². The lowest BCUT2D eigenvalue weighted by molar-refractivity contribution is 0.0602. The number of nitrogens with two attached hydrogens (primary N) is 1. The summed E-state index contributed by atoms with van der Waals surface area (Å²) in [6.45, 7) is 8.69. The first kappa shape index (κ1) is 13.2. The number of hydrogen-bond donors (Lipinski definition) is 1. The normalized spacial score (nSPS) is 22.6. The molecule has 0 atom stereocenters. The molecule has 0 aromatic heterocycles. The standard InChI is InChI=1S/C11H18ClN3O/c1-8(13)9(12)10(14-3)15-11(2)4-6-16-7-5-11/h3-7,13H2,1-2H3. The molecule has 1 saturated heterocycles. The van der Waals surface area contributed by atoms with Crippen molar-refractivity contribution in [3.8, 4) is 0 Å². The third-order valence-corrected chi connectivity index (χ3v) is 3.11. The molecular formula is C11H18ClN3O. The Bertz CT molecular complexity index is 326. The fraction of sp³-hybridized carbons (Fsp3) is 0.636. The first-order valence-electron chi connectivity index (χ1n) is 5.25. The van der Waals surface area contributed by atoms with Crippen molar-refractivity contribution in [2.45, 2.75) is 32.2 Å². The minimum Gasteiger partial charge on any atom is -0.401 e. The van der Waals surface area contributed by atoms with Crippen LogP contribution < -0.4 is 5.73 Å². The van der Waals surface area contributed by atoms with E-state index in [1.54, 1.807) is 6.92 Å². The van der Waals surface area contributed by atoms with E-state index in [-0.39, 0.29) is 5.54 Å². The van der Waals surface area contributed by atoms with Crippen LogP contribution in [0.5, 0.6) is 0 Å². The van der Waals surface area contributed by atoms with E-state index in [0.717, 1.165) is 12.8 Å². The lowest BCUT2D eigenvalue weighted by Gasteiger charge is -2.30. The highest BCUT2D eigenvalue weighted by atomic mass is 35.5. The molecule has 0 unspecified atom stereocenters. The van der Waals surface area contributed by atoms with E-state index >= 15 is 0 Å². The molecule has 5 heteroatoms. The zero-order valence-electron chi connectivity index (χ0n) is 9.79. The second-order valence-corrected chi connectivity index (χ2v) is 4.58. The summed E-state index contributed by atoms with van der Waals surface area (Å²) in [7, 11) is 0. The second-order valence-electron chi connectivity index (χ2n) is 4.20. The van der Waals surface area contributed by atoms with Crippen molar-refractivity contribution in [1.29, 1.82) is 0 Å². The van der Waals surface area contributed by atoms with Gasteiger partial charge in [-0.3, -0.25) is 4.99 Å². The van der Waals surface area contributed by atoms with E-state index in [1.807, 2.05) is 0 Å². The highest BCUT2D eigenvalue weighted by Crippen LogP contribution is 2.26. The summed E-state index contributed by atoms with van der Waals surface area (Å²) in [5.74, 6) is 0.422. The Morgan fingerprint density at radius 3 is 2.44 bits per heavy atom. The summed E-state index contributed by atoms with van der Waals surface area (Å²) in [5, 5.41) is 0.378. The Labute approximate surface area is 101 Å². The van der Waals surface area contributed by atoms with Crippen LogP contribution in [0, 0.1) is 0 Å². The number of halogens is 1. The van der Waals surface area contributed by atoms with Gasteiger partial charge in [0.25, 0.3) is 0 Å². The minimum atomic E-state index is -0.176. The third-order valence-electron chi connectivity index (χ3n) is 2.64. The van der Waals surface area contributed by atoms with E-state index in [0.29, 0.717) is 29.8 Å². The molecule has 0 aromatic rings. The molecule has 0 radical (unpaired) electrons. The first-order chi connectivity index (χ1) is 7.48. The molecule has 0 amide bonds. The van der Waals surface area contributed by atoms with Crippen molar-refractivity contribution < 1.29 is 4.74 Å². The van der Waals surface area contributed by atoms with Gasteiger partial charge in [0, 0.05) is 18.9 Å². The van der Waals surface area contributed by atoms with Gasteiger partial charge in [-0.15, -0.1) is 0 Å². The van der Waals surface area contributed by atoms with Gasteiger partial charge in [0.05, 0.1) is 5.54 Å². The number of allylic oxidation sites excluding steroid dienone is 1. The molecule has 0 aliphatic carbocycles. The Morgan fingerprint density at radius 1 is 1.44 bits per heavy atom. The van der Waals surface area contributed by atoms with Crippen molar-refractivity contribution in [2.75, 3.05) is 13.2 Å². The lowest BCUT2D eigenvalue weighted by Crippen LogP contribution is -2.32. The number of ether oxygens (including phenoxy) is 1. The molecular weight excluding hydrogens is 226 g/mol. The molecule has 2 N–H and O–H groups in total. The molecule has 1 rings (SSSR count). The molecule has 1 fully saturated rings. The lowest BCUT2D eigenvalue weighted by atomic mass is 9.93. The van der Waals surface area contributed by atoms with Crippen LogP contribution in [0.25, 0.3) is 0 Å². The van der Waals surface area contributed by atoms with Gasteiger partial charge in [-0.25, -0.2) is 4.99 Å². The SMILES string of the molecule is C=NC(=NC1(C)CCOCC1)C(Cl)=C(C)N. The zero-order chi connectivity index (χ0) is 12.2. The Morgan fingerprint density at radius 2 is 2.00 bits per heavy atom. The van der Waals surface area contributed by atoms with E-state index < -0.39 is 0 Å². The number of rotatable bonds is 2. The van der Waals surface area contributed by atoms with Crippen LogP contribution in [-0.4, -0.2) is 31.3 Å². The predicted molar refractivity (Wildman–Crippen MR) is 68.2 cm³/mol. The van der Waals surface area contributed by atoms with Gasteiger partial charge < -0.3 is 10.5 Å². The number of hydrogen-bond acceptors (Lipinski definition) is 3. The molecule has 90 valence electrons. The molecule has 0 spiro atoms. The largest absolute Gasteiger partial charge is 0.401 e. The van der Waals surface area contributed by atoms with Crippen LogP contribution in [0.1, 0.15) is 26.7 Å². The second kappa shape index (κ2) is 5.46. The number of nitrogens with zero attached hydrogens (tertiary/aromatic N) is 2. The summed E-state index contributed by atoms with van der Waals surface area (Å²) in [5.41, 5.74) is 5.94. The average molecular weight is 244 g/mol. The fourth-order valence-electron chi connectivity index (χ4n) is 1.51. The van der Waals surface area contributed by atoms with Crippen LogP contribution in [0.2, 0.25) is 0 Å². The molecule has 0 saturated carbocycles. The third kappa shape index (κ3) is 3.32. The van der Waals surface area contributed by atoms with E-state index in [1.165, 1.54) is 0 Å². The van der Waals surface area contributed by atoms with Crippen LogP contribution in [0.4, 0.5) is 0 Å². The quantitative estimate of drug-likeness (QED) is 0.596. The summed E-state index contributed by atoms with van der Waals surface area (Å²) in [6.07, 6.45) is 1.72. The maximum atomic E-state index is 6.02. The van der Waals surface area contributed by atoms with E-state index in [2.05, 4.69) is 23.6 Å². The van der Waals surface area contributed by atoms with Crippen molar-refractivity contribution in [1.82, 2.24) is 0 Å². The van der Waals surface area contributed by atoms with Gasteiger partial charge in [0.15, 0.2) is 5.84 Å². The Kier molecular flexibility index (Phi) is 4.50. The van der Waals surface area contributed by atoms with Crippen molar-refractivity contribution in [3.63, 3.8) is 0 Å². The molecule has 0 aromatic carbocycles. The van der Waals surface area contributed by atoms with Gasteiger partial charge in [-0.2, -0.15) is 0 Å². The fourth-order valence-corrected chi connectivity index (χ4v) is 1.61. The van der Waals surface area contributed by atoms with Crippen LogP contribution in [-0.2, 0) is 4.74 Å². The van der Waals surface area contributed by atoms with Crippen molar-refractivity contribution in [2.24, 2.45) is 15.7 Å². The number of amidine groups is 1. The molecule has 0 bridgehead atoms. The van der Waals surface area contributed by atoms with Crippen LogP contribution in [0.15, 0.2) is 20.7 Å². The van der Waals surface area contributed by atoms with Gasteiger partial charge >= 0.3 is 0 Å². The van der Waals surface area contributed by atoms with Gasteiger partial charge in [-0.1, -0.05) is 11.6 Å². The summed E-state index contributed by atoms with van der Waals surface area (Å²) < 4.78 is 5.30.